The van der Waals surface area contributed by atoms with Gasteiger partial charge in [-0.25, -0.2) is 8.42 Å². The first-order valence-electron chi connectivity index (χ1n) is 11.2. The van der Waals surface area contributed by atoms with Gasteiger partial charge in [-0.3, -0.25) is 13.9 Å². The topological polar surface area (TPSA) is 86.8 Å². The number of benzene rings is 2. The van der Waals surface area contributed by atoms with Crippen molar-refractivity contribution in [3.05, 3.63) is 65.2 Å². The summed E-state index contributed by atoms with van der Waals surface area (Å²) in [5.74, 6) is -0.644. The van der Waals surface area contributed by atoms with E-state index in [1.165, 1.54) is 4.90 Å². The van der Waals surface area contributed by atoms with Gasteiger partial charge in [-0.2, -0.15) is 0 Å². The summed E-state index contributed by atoms with van der Waals surface area (Å²) in [4.78, 5) is 27.8. The molecule has 0 aliphatic rings. The number of nitrogens with one attached hydrogen (secondary N) is 1. The van der Waals surface area contributed by atoms with Crippen LogP contribution in [0.4, 0.5) is 5.69 Å². The van der Waals surface area contributed by atoms with E-state index in [1.807, 2.05) is 64.1 Å². The molecule has 2 aromatic rings. The molecule has 0 saturated carbocycles. The summed E-state index contributed by atoms with van der Waals surface area (Å²) in [7, 11) is -3.73. The summed E-state index contributed by atoms with van der Waals surface area (Å²) in [5, 5.41) is 2.80. The maximum absolute atomic E-state index is 13.5. The molecule has 2 amide bonds. The summed E-state index contributed by atoms with van der Waals surface area (Å²) < 4.78 is 26.5. The van der Waals surface area contributed by atoms with Crippen molar-refractivity contribution in [2.24, 2.45) is 0 Å². The maximum atomic E-state index is 13.5. The molecule has 33 heavy (non-hydrogen) atoms. The molecule has 1 N–H and O–H groups in total. The Labute approximate surface area is 197 Å². The third-order valence-electron chi connectivity index (χ3n) is 5.75. The van der Waals surface area contributed by atoms with E-state index in [0.717, 1.165) is 27.3 Å². The smallest absolute Gasteiger partial charge is 0.244 e. The lowest BCUT2D eigenvalue weighted by Crippen LogP contribution is -2.53. The van der Waals surface area contributed by atoms with Crippen molar-refractivity contribution < 1.29 is 18.0 Å². The monoisotopic (exact) mass is 473 g/mol. The third-order valence-corrected chi connectivity index (χ3v) is 6.87. The lowest BCUT2D eigenvalue weighted by Gasteiger charge is -2.33. The first kappa shape index (κ1) is 26.4. The number of anilines is 1. The van der Waals surface area contributed by atoms with E-state index in [4.69, 9.17) is 0 Å². The van der Waals surface area contributed by atoms with E-state index in [2.05, 4.69) is 5.32 Å². The molecule has 8 heteroatoms. The number of hydrogen-bond acceptors (Lipinski definition) is 4. The number of likely N-dealkylation sites (N-methyl/N-ethyl adjacent to an activating group) is 1. The SMILES string of the molecule is CCNC(=O)[C@H](CC)N(CCc1ccccc1)C(=O)CN(c1cccc(C)c1C)S(C)(=O)=O. The van der Waals surface area contributed by atoms with Gasteiger partial charge in [0.2, 0.25) is 21.8 Å². The number of sulfonamides is 1. The van der Waals surface area contributed by atoms with Crippen molar-refractivity contribution in [1.82, 2.24) is 10.2 Å². The number of rotatable bonds is 11. The van der Waals surface area contributed by atoms with Crippen LogP contribution >= 0.6 is 0 Å². The highest BCUT2D eigenvalue weighted by Crippen LogP contribution is 2.25. The summed E-state index contributed by atoms with van der Waals surface area (Å²) in [6.45, 7) is 7.80. The number of hydrogen-bond donors (Lipinski definition) is 1. The van der Waals surface area contributed by atoms with Crippen molar-refractivity contribution in [2.75, 3.05) is 30.2 Å². The van der Waals surface area contributed by atoms with Crippen LogP contribution in [0.1, 0.15) is 37.0 Å². The normalized spacial score (nSPS) is 12.2. The van der Waals surface area contributed by atoms with Crippen molar-refractivity contribution in [2.45, 2.75) is 46.6 Å². The number of amides is 2. The first-order chi connectivity index (χ1) is 15.6. The molecule has 0 aliphatic heterocycles. The standard InChI is InChI=1S/C25H35N3O4S/c1-6-22(25(30)26-7-2)27(17-16-21-13-9-8-10-14-21)24(29)18-28(33(5,31)32)23-15-11-12-19(3)20(23)4/h8-15,22H,6-7,16-18H2,1-5H3,(H,26,30)/t22-/m0/s1. The van der Waals surface area contributed by atoms with Gasteiger partial charge < -0.3 is 10.2 Å². The van der Waals surface area contributed by atoms with Gasteiger partial charge in [-0.15, -0.1) is 0 Å². The molecule has 180 valence electrons. The van der Waals surface area contributed by atoms with Crippen LogP contribution in [-0.4, -0.2) is 57.1 Å². The number of carbonyl (C=O) groups is 2. The molecule has 0 aliphatic carbocycles. The van der Waals surface area contributed by atoms with E-state index in [-0.39, 0.29) is 12.5 Å². The highest BCUT2D eigenvalue weighted by atomic mass is 32.2. The summed E-state index contributed by atoms with van der Waals surface area (Å²) in [6, 6.07) is 14.4. The zero-order valence-corrected chi connectivity index (χ0v) is 21.0. The van der Waals surface area contributed by atoms with Gasteiger partial charge in [0.15, 0.2) is 0 Å². The van der Waals surface area contributed by atoms with Crippen molar-refractivity contribution in [3.8, 4) is 0 Å². The molecular weight excluding hydrogens is 438 g/mol. The van der Waals surface area contributed by atoms with E-state index in [0.29, 0.717) is 31.6 Å². The zero-order valence-electron chi connectivity index (χ0n) is 20.2. The highest BCUT2D eigenvalue weighted by Gasteiger charge is 2.31. The fourth-order valence-electron chi connectivity index (χ4n) is 3.79. The van der Waals surface area contributed by atoms with Gasteiger partial charge in [-0.1, -0.05) is 49.4 Å². The lowest BCUT2D eigenvalue weighted by atomic mass is 10.1. The van der Waals surface area contributed by atoms with Crippen LogP contribution in [0.5, 0.6) is 0 Å². The second-order valence-corrected chi connectivity index (χ2v) is 10.0. The fraction of sp³-hybridized carbons (Fsp3) is 0.440. The Morgan fingerprint density at radius 3 is 2.24 bits per heavy atom. The molecule has 2 rings (SSSR count). The van der Waals surface area contributed by atoms with Gasteiger partial charge in [0.1, 0.15) is 12.6 Å². The van der Waals surface area contributed by atoms with Gasteiger partial charge in [-0.05, 0) is 56.4 Å². The third kappa shape index (κ3) is 7.05. The van der Waals surface area contributed by atoms with Crippen LogP contribution in [0.15, 0.2) is 48.5 Å². The molecule has 0 unspecified atom stereocenters. The minimum absolute atomic E-state index is 0.237. The van der Waals surface area contributed by atoms with E-state index in [1.54, 1.807) is 12.1 Å². The molecule has 0 saturated heterocycles. The minimum atomic E-state index is -3.73. The summed E-state index contributed by atoms with van der Waals surface area (Å²) >= 11 is 0. The van der Waals surface area contributed by atoms with Crippen LogP contribution in [0, 0.1) is 13.8 Å². The van der Waals surface area contributed by atoms with Gasteiger partial charge in [0.05, 0.1) is 11.9 Å². The lowest BCUT2D eigenvalue weighted by molar-refractivity contribution is -0.139. The Kier molecular flexibility index (Phi) is 9.46. The Balaban J connectivity index is 2.39. The van der Waals surface area contributed by atoms with Crippen LogP contribution in [0.2, 0.25) is 0 Å². The number of carbonyl (C=O) groups excluding carboxylic acids is 2. The summed E-state index contributed by atoms with van der Waals surface area (Å²) in [5.41, 5.74) is 3.24. The summed E-state index contributed by atoms with van der Waals surface area (Å²) in [6.07, 6.45) is 2.08. The Bertz CT molecular complexity index is 1050. The van der Waals surface area contributed by atoms with Crippen molar-refractivity contribution in [1.29, 1.82) is 0 Å². The molecule has 0 fully saturated rings. The molecule has 7 nitrogen and oxygen atoms in total. The van der Waals surface area contributed by atoms with Crippen LogP contribution in [0.3, 0.4) is 0 Å². The average molecular weight is 474 g/mol. The molecular formula is C25H35N3O4S. The van der Waals surface area contributed by atoms with Crippen LogP contribution in [-0.2, 0) is 26.0 Å². The van der Waals surface area contributed by atoms with Gasteiger partial charge in [0, 0.05) is 13.1 Å². The predicted molar refractivity (Wildman–Crippen MR) is 133 cm³/mol. The van der Waals surface area contributed by atoms with E-state index in [9.17, 15) is 18.0 Å². The predicted octanol–water partition coefficient (Wildman–Crippen LogP) is 3.06. The molecule has 1 atom stereocenters. The number of nitrogens with zero attached hydrogens (tertiary/aromatic N) is 2. The van der Waals surface area contributed by atoms with E-state index >= 15 is 0 Å². The fourth-order valence-corrected chi connectivity index (χ4v) is 4.69. The molecule has 0 spiro atoms. The molecule has 0 aromatic heterocycles. The number of aryl methyl sites for hydroxylation is 1. The molecule has 2 aromatic carbocycles. The molecule has 0 heterocycles. The van der Waals surface area contributed by atoms with Crippen LogP contribution in [0.25, 0.3) is 0 Å². The van der Waals surface area contributed by atoms with Gasteiger partial charge >= 0.3 is 0 Å². The van der Waals surface area contributed by atoms with E-state index < -0.39 is 22.0 Å². The Hall–Kier alpha value is -2.87. The second kappa shape index (κ2) is 11.8. The van der Waals surface area contributed by atoms with Crippen molar-refractivity contribution in [3.63, 3.8) is 0 Å². The largest absolute Gasteiger partial charge is 0.355 e. The highest BCUT2D eigenvalue weighted by molar-refractivity contribution is 7.92. The average Bonchev–Trinajstić information content (AvgIpc) is 2.77. The van der Waals surface area contributed by atoms with Gasteiger partial charge in [0.25, 0.3) is 0 Å². The second-order valence-electron chi connectivity index (χ2n) is 8.13. The molecule has 0 bridgehead atoms. The first-order valence-corrected chi connectivity index (χ1v) is 13.1. The zero-order chi connectivity index (χ0) is 24.6. The Morgan fingerprint density at radius 1 is 1.00 bits per heavy atom. The Morgan fingerprint density at radius 2 is 1.67 bits per heavy atom. The maximum Gasteiger partial charge on any atom is 0.244 e. The molecule has 0 radical (unpaired) electrons. The van der Waals surface area contributed by atoms with Crippen molar-refractivity contribution >= 4 is 27.5 Å². The van der Waals surface area contributed by atoms with Crippen LogP contribution < -0.4 is 9.62 Å². The minimum Gasteiger partial charge on any atom is -0.355 e. The quantitative estimate of drug-likeness (QED) is 0.543.